The van der Waals surface area contributed by atoms with Crippen molar-refractivity contribution in [1.82, 2.24) is 15.0 Å². The highest BCUT2D eigenvalue weighted by atomic mass is 35.5. The van der Waals surface area contributed by atoms with Crippen LogP contribution in [0.1, 0.15) is 0 Å². The predicted molar refractivity (Wildman–Crippen MR) is 170 cm³/mol. The molecule has 0 radical (unpaired) electrons. The fourth-order valence-corrected chi connectivity index (χ4v) is 5.29. The minimum Gasteiger partial charge on any atom is -0.208 e. The van der Waals surface area contributed by atoms with E-state index in [0.29, 0.717) is 11.6 Å². The Bertz CT molecular complexity index is 1990. The van der Waals surface area contributed by atoms with E-state index in [9.17, 15) is 0 Å². The van der Waals surface area contributed by atoms with E-state index < -0.39 is 0 Å². The van der Waals surface area contributed by atoms with Crippen molar-refractivity contribution in [2.75, 3.05) is 0 Å². The van der Waals surface area contributed by atoms with E-state index in [1.807, 2.05) is 30.3 Å². The second-order valence-electron chi connectivity index (χ2n) is 9.92. The first-order valence-corrected chi connectivity index (χ1v) is 13.8. The first kappa shape index (κ1) is 24.9. The molecule has 1 aromatic heterocycles. The largest absolute Gasteiger partial charge is 0.226 e. The molecule has 0 bridgehead atoms. The van der Waals surface area contributed by atoms with E-state index in [1.54, 1.807) is 0 Å². The summed E-state index contributed by atoms with van der Waals surface area (Å²) in [5, 5.41) is 2.44. The summed E-state index contributed by atoms with van der Waals surface area (Å²) in [5.41, 5.74) is 8.75. The average Bonchev–Trinajstić information content (AvgIpc) is 3.05. The van der Waals surface area contributed by atoms with E-state index in [-0.39, 0.29) is 5.28 Å². The highest BCUT2D eigenvalue weighted by Crippen LogP contribution is 2.31. The van der Waals surface area contributed by atoms with Crippen LogP contribution in [0.25, 0.3) is 66.9 Å². The van der Waals surface area contributed by atoms with Crippen LogP contribution in [0.2, 0.25) is 5.28 Å². The molecule has 0 amide bonds. The monoisotopic (exact) mass is 545 g/mol. The highest BCUT2D eigenvalue weighted by molar-refractivity contribution is 6.28. The van der Waals surface area contributed by atoms with Crippen LogP contribution in [0.15, 0.2) is 146 Å². The van der Waals surface area contributed by atoms with Crippen molar-refractivity contribution >= 4 is 22.4 Å². The van der Waals surface area contributed by atoms with Crippen LogP contribution in [0.5, 0.6) is 0 Å². The molecule has 0 unspecified atom stereocenters. The zero-order valence-corrected chi connectivity index (χ0v) is 22.8. The number of nitrogens with zero attached hydrogens (tertiary/aromatic N) is 3. The van der Waals surface area contributed by atoms with E-state index >= 15 is 0 Å². The standard InChI is InChI=1S/C37H24ClN3/c38-37-40-35(33-13-7-12-29(23-33)28-16-14-27(15-17-28)25-8-3-1-4-9-25)39-36(41-37)34-21-20-31-22-30(18-19-32(31)24-34)26-10-5-2-6-11-26/h1-24H. The Hall–Kier alpha value is -5.12. The molecule has 0 spiro atoms. The fourth-order valence-electron chi connectivity index (χ4n) is 5.13. The molecule has 6 aromatic carbocycles. The maximum atomic E-state index is 6.43. The van der Waals surface area contributed by atoms with Gasteiger partial charge in [-0.2, -0.15) is 9.97 Å². The summed E-state index contributed by atoms with van der Waals surface area (Å²) in [4.78, 5) is 13.8. The molecule has 0 N–H and O–H groups in total. The van der Waals surface area contributed by atoms with Crippen LogP contribution in [0, 0.1) is 0 Å². The molecule has 7 rings (SSSR count). The lowest BCUT2D eigenvalue weighted by atomic mass is 9.99. The Kier molecular flexibility index (Phi) is 6.56. The van der Waals surface area contributed by atoms with Crippen LogP contribution in [-0.2, 0) is 0 Å². The maximum absolute atomic E-state index is 6.43. The van der Waals surface area contributed by atoms with Crippen molar-refractivity contribution in [2.24, 2.45) is 0 Å². The first-order chi connectivity index (χ1) is 20.2. The zero-order valence-electron chi connectivity index (χ0n) is 22.1. The van der Waals surface area contributed by atoms with Crippen molar-refractivity contribution < 1.29 is 0 Å². The van der Waals surface area contributed by atoms with Gasteiger partial charge in [0, 0.05) is 11.1 Å². The van der Waals surface area contributed by atoms with Crippen molar-refractivity contribution in [3.05, 3.63) is 151 Å². The third-order valence-corrected chi connectivity index (χ3v) is 7.43. The Morgan fingerprint density at radius 1 is 0.317 bits per heavy atom. The molecule has 194 valence electrons. The summed E-state index contributed by atoms with van der Waals surface area (Å²) < 4.78 is 0. The van der Waals surface area contributed by atoms with Crippen LogP contribution in [-0.4, -0.2) is 15.0 Å². The lowest BCUT2D eigenvalue weighted by molar-refractivity contribution is 1.07. The molecule has 3 nitrogen and oxygen atoms in total. The van der Waals surface area contributed by atoms with E-state index in [2.05, 4.69) is 125 Å². The van der Waals surface area contributed by atoms with Gasteiger partial charge in [-0.1, -0.05) is 127 Å². The number of hydrogen-bond acceptors (Lipinski definition) is 3. The number of rotatable bonds is 5. The third-order valence-electron chi connectivity index (χ3n) is 7.26. The van der Waals surface area contributed by atoms with E-state index in [4.69, 9.17) is 16.6 Å². The SMILES string of the molecule is Clc1nc(-c2cccc(-c3ccc(-c4ccccc4)cc3)c2)nc(-c2ccc3cc(-c4ccccc4)ccc3c2)n1. The summed E-state index contributed by atoms with van der Waals surface area (Å²) in [6, 6.07) is 50.3. The normalized spacial score (nSPS) is 11.0. The summed E-state index contributed by atoms with van der Waals surface area (Å²) in [7, 11) is 0. The minimum atomic E-state index is 0.169. The van der Waals surface area contributed by atoms with Gasteiger partial charge in [0.05, 0.1) is 0 Å². The summed E-state index contributed by atoms with van der Waals surface area (Å²) in [6.45, 7) is 0. The summed E-state index contributed by atoms with van der Waals surface area (Å²) in [5.74, 6) is 1.09. The molecule has 0 saturated carbocycles. The van der Waals surface area contributed by atoms with Crippen LogP contribution >= 0.6 is 11.6 Å². The molecule has 0 fully saturated rings. The van der Waals surface area contributed by atoms with Gasteiger partial charge < -0.3 is 0 Å². The molecule has 7 aromatic rings. The smallest absolute Gasteiger partial charge is 0.208 e. The molecule has 4 heteroatoms. The van der Waals surface area contributed by atoms with Gasteiger partial charge in [-0.25, -0.2) is 4.98 Å². The molecule has 41 heavy (non-hydrogen) atoms. The number of benzene rings is 6. The summed E-state index contributed by atoms with van der Waals surface area (Å²) >= 11 is 6.43. The Balaban J connectivity index is 1.20. The minimum absolute atomic E-state index is 0.169. The predicted octanol–water partition coefficient (Wildman–Crippen LogP) is 10.0. The number of fused-ring (bicyclic) bond motifs is 1. The average molecular weight is 546 g/mol. The van der Waals surface area contributed by atoms with E-state index in [1.165, 1.54) is 22.3 Å². The molecule has 0 aliphatic rings. The Morgan fingerprint density at radius 2 is 0.707 bits per heavy atom. The number of hydrogen-bond donors (Lipinski definition) is 0. The zero-order chi connectivity index (χ0) is 27.6. The van der Waals surface area contributed by atoms with Crippen molar-refractivity contribution in [2.45, 2.75) is 0 Å². The highest BCUT2D eigenvalue weighted by Gasteiger charge is 2.12. The molecule has 0 atom stereocenters. The molecule has 0 saturated heterocycles. The van der Waals surface area contributed by atoms with Crippen molar-refractivity contribution in [1.29, 1.82) is 0 Å². The Labute approximate surface area is 243 Å². The lowest BCUT2D eigenvalue weighted by Crippen LogP contribution is -1.97. The maximum Gasteiger partial charge on any atom is 0.226 e. The van der Waals surface area contributed by atoms with Crippen molar-refractivity contribution in [3.63, 3.8) is 0 Å². The first-order valence-electron chi connectivity index (χ1n) is 13.5. The van der Waals surface area contributed by atoms with Gasteiger partial charge in [0.15, 0.2) is 11.6 Å². The second-order valence-corrected chi connectivity index (χ2v) is 10.3. The molecule has 1 heterocycles. The Morgan fingerprint density at radius 3 is 1.34 bits per heavy atom. The van der Waals surface area contributed by atoms with E-state index in [0.717, 1.165) is 33.0 Å². The quantitative estimate of drug-likeness (QED) is 0.216. The van der Waals surface area contributed by atoms with Gasteiger partial charge in [0.25, 0.3) is 0 Å². The third kappa shape index (κ3) is 5.23. The molecular weight excluding hydrogens is 522 g/mol. The summed E-state index contributed by atoms with van der Waals surface area (Å²) in [6.07, 6.45) is 0. The molecule has 0 aliphatic carbocycles. The van der Waals surface area contributed by atoms with Crippen LogP contribution in [0.3, 0.4) is 0 Å². The topological polar surface area (TPSA) is 38.7 Å². The molecular formula is C37H24ClN3. The second kappa shape index (κ2) is 10.8. The van der Waals surface area contributed by atoms with Gasteiger partial charge in [-0.05, 0) is 74.0 Å². The lowest BCUT2D eigenvalue weighted by Gasteiger charge is -2.09. The number of aromatic nitrogens is 3. The van der Waals surface area contributed by atoms with Gasteiger partial charge in [-0.3, -0.25) is 0 Å². The van der Waals surface area contributed by atoms with Gasteiger partial charge in [-0.15, -0.1) is 0 Å². The van der Waals surface area contributed by atoms with Crippen LogP contribution < -0.4 is 0 Å². The van der Waals surface area contributed by atoms with Gasteiger partial charge >= 0.3 is 0 Å². The fraction of sp³-hybridized carbons (Fsp3) is 0. The molecule has 0 aliphatic heterocycles. The number of halogens is 1. The van der Waals surface area contributed by atoms with Gasteiger partial charge in [0.1, 0.15) is 0 Å². The van der Waals surface area contributed by atoms with Crippen LogP contribution in [0.4, 0.5) is 0 Å². The van der Waals surface area contributed by atoms with Crippen molar-refractivity contribution in [3.8, 4) is 56.2 Å². The van der Waals surface area contributed by atoms with Gasteiger partial charge in [0.2, 0.25) is 5.28 Å².